The Morgan fingerprint density at radius 1 is 1.33 bits per heavy atom. The fraction of sp³-hybridized carbons (Fsp3) is 0.375. The second-order valence-corrected chi connectivity index (χ2v) is 5.47. The van der Waals surface area contributed by atoms with Gasteiger partial charge in [-0.3, -0.25) is 9.59 Å². The van der Waals surface area contributed by atoms with Gasteiger partial charge in [0.2, 0.25) is 5.91 Å². The number of amides is 1. The van der Waals surface area contributed by atoms with Gasteiger partial charge in [-0.05, 0) is 36.6 Å². The lowest BCUT2D eigenvalue weighted by atomic mass is 9.98. The first-order valence-corrected chi connectivity index (χ1v) is 7.28. The lowest BCUT2D eigenvalue weighted by Gasteiger charge is -2.30. The van der Waals surface area contributed by atoms with E-state index in [-0.39, 0.29) is 17.8 Å². The number of halogens is 1. The number of benzene rings is 1. The van der Waals surface area contributed by atoms with Crippen molar-refractivity contribution in [3.05, 3.63) is 40.9 Å². The lowest BCUT2D eigenvalue weighted by Crippen LogP contribution is -2.41. The highest BCUT2D eigenvalue weighted by Gasteiger charge is 2.28. The fourth-order valence-electron chi connectivity index (χ4n) is 2.38. The number of methoxy groups -OCH3 is 1. The zero-order valence-electron chi connectivity index (χ0n) is 11.9. The maximum atomic E-state index is 12.2. The Bertz CT molecular complexity index is 539. The van der Waals surface area contributed by atoms with Crippen LogP contribution < -0.4 is 0 Å². The molecule has 5 heteroatoms. The molecule has 1 atom stereocenters. The summed E-state index contributed by atoms with van der Waals surface area (Å²) in [4.78, 5) is 25.4. The van der Waals surface area contributed by atoms with Gasteiger partial charge >= 0.3 is 5.97 Å². The topological polar surface area (TPSA) is 46.6 Å². The number of nitrogens with zero attached hydrogens (tertiary/aromatic N) is 1. The Labute approximate surface area is 129 Å². The van der Waals surface area contributed by atoms with E-state index in [1.165, 1.54) is 13.2 Å². The van der Waals surface area contributed by atoms with Crippen molar-refractivity contribution in [1.82, 2.24) is 4.90 Å². The molecule has 1 aliphatic heterocycles. The third-order valence-electron chi connectivity index (χ3n) is 3.56. The molecule has 1 aliphatic rings. The van der Waals surface area contributed by atoms with E-state index in [9.17, 15) is 9.59 Å². The van der Waals surface area contributed by atoms with E-state index < -0.39 is 0 Å². The monoisotopic (exact) mass is 307 g/mol. The number of esters is 1. The van der Waals surface area contributed by atoms with Gasteiger partial charge in [0.15, 0.2) is 0 Å². The van der Waals surface area contributed by atoms with Crippen molar-refractivity contribution in [3.63, 3.8) is 0 Å². The average molecular weight is 308 g/mol. The van der Waals surface area contributed by atoms with Crippen LogP contribution >= 0.6 is 11.6 Å². The van der Waals surface area contributed by atoms with Crippen LogP contribution in [0.4, 0.5) is 0 Å². The molecule has 0 spiro atoms. The fourth-order valence-corrected chi connectivity index (χ4v) is 2.51. The molecule has 0 radical (unpaired) electrons. The van der Waals surface area contributed by atoms with Crippen LogP contribution in [0, 0.1) is 5.92 Å². The molecule has 0 N–H and O–H groups in total. The molecule has 0 aromatic heterocycles. The van der Waals surface area contributed by atoms with Crippen molar-refractivity contribution in [3.8, 4) is 0 Å². The second-order valence-electron chi connectivity index (χ2n) is 5.03. The molecule has 1 amide bonds. The summed E-state index contributed by atoms with van der Waals surface area (Å²) in [6, 6.07) is 7.25. The van der Waals surface area contributed by atoms with Gasteiger partial charge in [-0.2, -0.15) is 0 Å². The molecule has 2 rings (SSSR count). The second kappa shape index (κ2) is 7.27. The highest BCUT2D eigenvalue weighted by molar-refractivity contribution is 6.30. The van der Waals surface area contributed by atoms with Crippen LogP contribution in [0.3, 0.4) is 0 Å². The molecule has 1 fully saturated rings. The Morgan fingerprint density at radius 2 is 2.05 bits per heavy atom. The molecule has 112 valence electrons. The minimum absolute atomic E-state index is 0.0847. The van der Waals surface area contributed by atoms with Gasteiger partial charge < -0.3 is 9.64 Å². The first-order valence-electron chi connectivity index (χ1n) is 6.90. The van der Waals surface area contributed by atoms with Crippen LogP contribution in [-0.4, -0.2) is 37.0 Å². The summed E-state index contributed by atoms with van der Waals surface area (Å²) in [5.41, 5.74) is 0.911. The van der Waals surface area contributed by atoms with Crippen LogP contribution in [0.5, 0.6) is 0 Å². The van der Waals surface area contributed by atoms with E-state index in [1.54, 1.807) is 23.1 Å². The average Bonchev–Trinajstić information content (AvgIpc) is 2.53. The Balaban J connectivity index is 1.96. The van der Waals surface area contributed by atoms with Gasteiger partial charge in [0.05, 0.1) is 13.0 Å². The maximum absolute atomic E-state index is 12.2. The molecule has 0 bridgehead atoms. The minimum atomic E-state index is -0.241. The van der Waals surface area contributed by atoms with Crippen molar-refractivity contribution < 1.29 is 14.3 Å². The summed E-state index contributed by atoms with van der Waals surface area (Å²) in [5.74, 6) is -0.538. The number of hydrogen-bond donors (Lipinski definition) is 0. The predicted molar refractivity (Wildman–Crippen MR) is 81.8 cm³/mol. The molecular formula is C16H18ClNO3. The van der Waals surface area contributed by atoms with Crippen molar-refractivity contribution >= 4 is 29.6 Å². The normalized spacial score (nSPS) is 18.8. The summed E-state index contributed by atoms with van der Waals surface area (Å²) < 4.78 is 4.75. The highest BCUT2D eigenvalue weighted by atomic mass is 35.5. The molecule has 0 saturated carbocycles. The van der Waals surface area contributed by atoms with Crippen molar-refractivity contribution in [2.75, 3.05) is 20.2 Å². The number of piperidine rings is 1. The van der Waals surface area contributed by atoms with Crippen LogP contribution in [0.15, 0.2) is 30.3 Å². The van der Waals surface area contributed by atoms with Gasteiger partial charge in [-0.25, -0.2) is 0 Å². The summed E-state index contributed by atoms with van der Waals surface area (Å²) in [6.07, 6.45) is 4.88. The minimum Gasteiger partial charge on any atom is -0.469 e. The van der Waals surface area contributed by atoms with E-state index in [4.69, 9.17) is 16.3 Å². The smallest absolute Gasteiger partial charge is 0.310 e. The van der Waals surface area contributed by atoms with Crippen molar-refractivity contribution in [2.45, 2.75) is 12.8 Å². The van der Waals surface area contributed by atoms with Crippen molar-refractivity contribution in [2.24, 2.45) is 5.92 Å². The largest absolute Gasteiger partial charge is 0.469 e. The maximum Gasteiger partial charge on any atom is 0.310 e. The SMILES string of the molecule is COC(=O)C1CCCN(C(=O)/C=C/c2ccc(Cl)cc2)C1. The molecule has 1 unspecified atom stereocenters. The Kier molecular flexibility index (Phi) is 5.39. The van der Waals surface area contributed by atoms with E-state index >= 15 is 0 Å². The summed E-state index contributed by atoms with van der Waals surface area (Å²) in [5, 5.41) is 0.662. The summed E-state index contributed by atoms with van der Waals surface area (Å²) in [6.45, 7) is 1.10. The summed E-state index contributed by atoms with van der Waals surface area (Å²) in [7, 11) is 1.38. The van der Waals surface area contributed by atoms with E-state index in [0.717, 1.165) is 18.4 Å². The first kappa shape index (κ1) is 15.6. The standard InChI is InChI=1S/C16H18ClNO3/c1-21-16(20)13-3-2-10-18(11-13)15(19)9-6-12-4-7-14(17)8-5-12/h4-9,13H,2-3,10-11H2,1H3/b9-6+. The third-order valence-corrected chi connectivity index (χ3v) is 3.81. The predicted octanol–water partition coefficient (Wildman–Crippen LogP) is 2.76. The summed E-state index contributed by atoms with van der Waals surface area (Å²) >= 11 is 5.81. The number of rotatable bonds is 3. The van der Waals surface area contributed by atoms with Gasteiger partial charge in [-0.1, -0.05) is 23.7 Å². The molecule has 1 heterocycles. The lowest BCUT2D eigenvalue weighted by molar-refractivity contribution is -0.148. The van der Waals surface area contributed by atoms with E-state index in [1.807, 2.05) is 12.1 Å². The number of carbonyl (C=O) groups excluding carboxylic acids is 2. The van der Waals surface area contributed by atoms with E-state index in [2.05, 4.69) is 0 Å². The number of carbonyl (C=O) groups is 2. The van der Waals surface area contributed by atoms with Gasteiger partial charge in [0, 0.05) is 24.2 Å². The van der Waals surface area contributed by atoms with Gasteiger partial charge in [0.25, 0.3) is 0 Å². The van der Waals surface area contributed by atoms with Gasteiger partial charge in [-0.15, -0.1) is 0 Å². The van der Waals surface area contributed by atoms with E-state index in [0.29, 0.717) is 18.1 Å². The number of hydrogen-bond acceptors (Lipinski definition) is 3. The molecule has 21 heavy (non-hydrogen) atoms. The van der Waals surface area contributed by atoms with Crippen LogP contribution in [0.1, 0.15) is 18.4 Å². The Hall–Kier alpha value is -1.81. The quantitative estimate of drug-likeness (QED) is 0.637. The van der Waals surface area contributed by atoms with Crippen LogP contribution in [0.2, 0.25) is 5.02 Å². The third kappa shape index (κ3) is 4.33. The highest BCUT2D eigenvalue weighted by Crippen LogP contribution is 2.18. The van der Waals surface area contributed by atoms with Crippen LogP contribution in [-0.2, 0) is 14.3 Å². The first-order chi connectivity index (χ1) is 10.1. The molecular weight excluding hydrogens is 290 g/mol. The number of likely N-dealkylation sites (tertiary alicyclic amines) is 1. The Morgan fingerprint density at radius 3 is 2.71 bits per heavy atom. The number of ether oxygens (including phenoxy) is 1. The molecule has 4 nitrogen and oxygen atoms in total. The zero-order chi connectivity index (χ0) is 15.2. The van der Waals surface area contributed by atoms with Gasteiger partial charge in [0.1, 0.15) is 0 Å². The molecule has 1 saturated heterocycles. The zero-order valence-corrected chi connectivity index (χ0v) is 12.7. The molecule has 1 aromatic rings. The van der Waals surface area contributed by atoms with Crippen molar-refractivity contribution in [1.29, 1.82) is 0 Å². The van der Waals surface area contributed by atoms with Crippen LogP contribution in [0.25, 0.3) is 6.08 Å². The molecule has 1 aromatic carbocycles. The molecule has 0 aliphatic carbocycles.